The Morgan fingerprint density at radius 2 is 1.93 bits per heavy atom. The Balaban J connectivity index is 4.42. The van der Waals surface area contributed by atoms with Gasteiger partial charge in [0.25, 0.3) is 10.1 Å². The van der Waals surface area contributed by atoms with Gasteiger partial charge in [-0.2, -0.15) is 12.6 Å². The fourth-order valence-electron chi connectivity index (χ4n) is 0.403. The van der Waals surface area contributed by atoms with E-state index in [9.17, 15) is 26.2 Å². The Morgan fingerprint density at radius 1 is 1.43 bits per heavy atom. The summed E-state index contributed by atoms with van der Waals surface area (Å²) in [5.74, 6) is -1.29. The summed E-state index contributed by atoms with van der Waals surface area (Å²) < 4.78 is 72.5. The highest BCUT2D eigenvalue weighted by molar-refractivity contribution is 7.86. The first kappa shape index (κ1) is 13.8. The van der Waals surface area contributed by atoms with E-state index >= 15 is 0 Å². The Hall–Kier alpha value is -0.150. The summed E-state index contributed by atoms with van der Waals surface area (Å²) in [6.45, 7) is -1.42. The van der Waals surface area contributed by atoms with Crippen molar-refractivity contribution >= 4 is 18.4 Å². The van der Waals surface area contributed by atoms with Gasteiger partial charge in [0.2, 0.25) is 0 Å². The second-order valence-electron chi connectivity index (χ2n) is 1.87. The molecule has 0 aromatic heterocycles. The first-order valence-corrected chi connectivity index (χ1v) is 5.82. The highest BCUT2D eigenvalue weighted by atomic mass is 32.2. The molecule has 0 bridgehead atoms. The van der Waals surface area contributed by atoms with Gasteiger partial charge in [-0.3, -0.25) is 4.57 Å². The van der Waals surface area contributed by atoms with Crippen LogP contribution in [0, 0.1) is 0 Å². The third kappa shape index (κ3) is 6.33. The molecular formula is C3H6F3O6PS. The molecule has 0 heterocycles. The second kappa shape index (κ2) is 5.08. The molecule has 0 aliphatic heterocycles. The molecule has 1 atom stereocenters. The lowest BCUT2D eigenvalue weighted by molar-refractivity contribution is -0.306. The molecule has 0 aliphatic rings. The third-order valence-corrected chi connectivity index (χ3v) is 2.27. The van der Waals surface area contributed by atoms with Crippen LogP contribution < -0.4 is 0 Å². The number of rotatable bonds is 6. The zero-order valence-electron chi connectivity index (χ0n) is 6.44. The normalized spacial score (nSPS) is 15.4. The lowest BCUT2D eigenvalue weighted by Gasteiger charge is -2.13. The molecule has 0 saturated heterocycles. The number of halogens is 3. The van der Waals surface area contributed by atoms with Crippen molar-refractivity contribution in [3.8, 4) is 0 Å². The predicted octanol–water partition coefficient (Wildman–Crippen LogP) is 0.251. The molecule has 0 aromatic rings. The summed E-state index contributed by atoms with van der Waals surface area (Å²) in [5, 5.41) is 0. The molecule has 0 spiro atoms. The van der Waals surface area contributed by atoms with Crippen molar-refractivity contribution in [1.29, 1.82) is 0 Å². The number of hydrogen-bond acceptors (Lipinski definition) is 5. The molecule has 0 saturated carbocycles. The Bertz CT molecular complexity index is 301. The van der Waals surface area contributed by atoms with E-state index in [1.807, 2.05) is 0 Å². The number of alkyl halides is 3. The van der Waals surface area contributed by atoms with E-state index in [-0.39, 0.29) is 0 Å². The molecule has 0 aliphatic carbocycles. The maximum absolute atomic E-state index is 12.2. The highest BCUT2D eigenvalue weighted by Gasteiger charge is 2.40. The van der Waals surface area contributed by atoms with Crippen LogP contribution in [0.2, 0.25) is 0 Å². The Morgan fingerprint density at radius 3 is 2.29 bits per heavy atom. The van der Waals surface area contributed by atoms with Gasteiger partial charge in [0, 0.05) is 0 Å². The van der Waals surface area contributed by atoms with E-state index in [0.717, 1.165) is 0 Å². The Kier molecular flexibility index (Phi) is 5.02. The van der Waals surface area contributed by atoms with Crippen molar-refractivity contribution in [3.05, 3.63) is 0 Å². The van der Waals surface area contributed by atoms with Crippen LogP contribution in [0.5, 0.6) is 0 Å². The maximum Gasteiger partial charge on any atom is 0.507 e. The summed E-state index contributed by atoms with van der Waals surface area (Å²) in [6.07, 6.45) is -4.77. The predicted molar refractivity (Wildman–Crippen MR) is 38.1 cm³/mol. The second-order valence-corrected chi connectivity index (χ2v) is 4.29. The maximum atomic E-state index is 12.2. The van der Waals surface area contributed by atoms with Gasteiger partial charge in [0.1, 0.15) is 12.4 Å². The van der Waals surface area contributed by atoms with E-state index in [0.29, 0.717) is 0 Å². The van der Waals surface area contributed by atoms with Gasteiger partial charge in [-0.05, 0) is 0 Å². The molecule has 0 rings (SSSR count). The summed E-state index contributed by atoms with van der Waals surface area (Å²) in [6, 6.07) is 0. The quantitative estimate of drug-likeness (QED) is 0.417. The van der Waals surface area contributed by atoms with Gasteiger partial charge in [0.15, 0.2) is 0 Å². The summed E-state index contributed by atoms with van der Waals surface area (Å²) in [5.41, 5.74) is 0. The minimum absolute atomic E-state index is 1.29. The first-order chi connectivity index (χ1) is 6.18. The minimum Gasteiger partial charge on any atom is -0.326 e. The average molecular weight is 258 g/mol. The van der Waals surface area contributed by atoms with Crippen LogP contribution in [-0.4, -0.2) is 32.0 Å². The molecule has 1 unspecified atom stereocenters. The number of hydrogen-bond donors (Lipinski definition) is 1. The topological polar surface area (TPSA) is 89.9 Å². The first-order valence-electron chi connectivity index (χ1n) is 2.97. The van der Waals surface area contributed by atoms with Gasteiger partial charge in [-0.1, -0.05) is 0 Å². The fourth-order valence-corrected chi connectivity index (χ4v) is 1.31. The van der Waals surface area contributed by atoms with Crippen molar-refractivity contribution < 1.29 is 39.8 Å². The SMILES string of the molecule is O=[PH](O)OC(F)(F)OS(=O)(=O)CCF. The minimum atomic E-state index is -4.82. The van der Waals surface area contributed by atoms with E-state index in [1.54, 1.807) is 0 Å². The lowest BCUT2D eigenvalue weighted by atomic mass is 10.9. The van der Waals surface area contributed by atoms with E-state index in [2.05, 4.69) is 8.71 Å². The van der Waals surface area contributed by atoms with Crippen LogP contribution in [0.25, 0.3) is 0 Å². The Labute approximate surface area is 77.7 Å². The molecule has 0 amide bonds. The van der Waals surface area contributed by atoms with Crippen LogP contribution >= 0.6 is 8.25 Å². The van der Waals surface area contributed by atoms with Crippen LogP contribution in [0.4, 0.5) is 13.2 Å². The monoisotopic (exact) mass is 258 g/mol. The molecule has 14 heavy (non-hydrogen) atoms. The molecule has 1 N–H and O–H groups in total. The summed E-state index contributed by atoms with van der Waals surface area (Å²) in [7, 11) is -8.88. The fraction of sp³-hybridized carbons (Fsp3) is 1.00. The largest absolute Gasteiger partial charge is 0.507 e. The van der Waals surface area contributed by atoms with Crippen molar-refractivity contribution in [1.82, 2.24) is 0 Å². The third-order valence-electron chi connectivity index (χ3n) is 0.757. The standard InChI is InChI=1S/C3H6F3O6PS/c4-1-2-14(9,10)12-3(5,6)11-13(7)8/h13H,1-2H2,(H,7,8). The van der Waals surface area contributed by atoms with E-state index in [4.69, 9.17) is 4.89 Å². The zero-order chi connectivity index (χ0) is 11.4. The summed E-state index contributed by atoms with van der Waals surface area (Å²) >= 11 is 0. The molecule has 6 nitrogen and oxygen atoms in total. The zero-order valence-corrected chi connectivity index (χ0v) is 8.26. The van der Waals surface area contributed by atoms with Gasteiger partial charge in [-0.25, -0.2) is 8.91 Å². The van der Waals surface area contributed by atoms with Crippen LogP contribution in [0.1, 0.15) is 0 Å². The van der Waals surface area contributed by atoms with Gasteiger partial charge in [-0.15, -0.1) is 8.78 Å². The molecule has 11 heteroatoms. The van der Waals surface area contributed by atoms with Gasteiger partial charge < -0.3 is 4.89 Å². The lowest BCUT2D eigenvalue weighted by Crippen LogP contribution is -2.28. The smallest absolute Gasteiger partial charge is 0.326 e. The van der Waals surface area contributed by atoms with Crippen LogP contribution in [0.15, 0.2) is 0 Å². The summed E-state index contributed by atoms with van der Waals surface area (Å²) in [4.78, 5) is 7.91. The van der Waals surface area contributed by atoms with Gasteiger partial charge in [0.05, 0.1) is 0 Å². The van der Waals surface area contributed by atoms with Crippen molar-refractivity contribution in [2.45, 2.75) is 6.29 Å². The van der Waals surface area contributed by atoms with Crippen molar-refractivity contribution in [3.63, 3.8) is 0 Å². The molecule has 0 radical (unpaired) electrons. The van der Waals surface area contributed by atoms with Crippen LogP contribution in [0.3, 0.4) is 0 Å². The van der Waals surface area contributed by atoms with Crippen LogP contribution in [-0.2, 0) is 23.4 Å². The molecule has 86 valence electrons. The average Bonchev–Trinajstić information content (AvgIpc) is 1.78. The van der Waals surface area contributed by atoms with E-state index < -0.39 is 37.1 Å². The molecule has 0 aromatic carbocycles. The van der Waals surface area contributed by atoms with Crippen molar-refractivity contribution in [2.24, 2.45) is 0 Å². The molecule has 0 fully saturated rings. The van der Waals surface area contributed by atoms with Crippen molar-refractivity contribution in [2.75, 3.05) is 12.4 Å². The molecular weight excluding hydrogens is 252 g/mol. The highest BCUT2D eigenvalue weighted by Crippen LogP contribution is 2.31. The van der Waals surface area contributed by atoms with Gasteiger partial charge >= 0.3 is 14.5 Å². The van der Waals surface area contributed by atoms with E-state index in [1.165, 1.54) is 0 Å².